The summed E-state index contributed by atoms with van der Waals surface area (Å²) in [5.41, 5.74) is 2.05. The lowest BCUT2D eigenvalue weighted by atomic mass is 9.86. The summed E-state index contributed by atoms with van der Waals surface area (Å²) in [7, 11) is -2.72. The average molecular weight is 663 g/mol. The van der Waals surface area contributed by atoms with Crippen LogP contribution in [0.5, 0.6) is 0 Å². The second kappa shape index (κ2) is 16.7. The summed E-state index contributed by atoms with van der Waals surface area (Å²) in [4.78, 5) is 0. The van der Waals surface area contributed by atoms with Gasteiger partial charge in [-0.05, 0) is 33.0 Å². The minimum absolute atomic E-state index is 0.0895. The topological polar surface area (TPSA) is 57.2 Å². The number of hydrogen-bond donors (Lipinski definition) is 1. The quantitative estimate of drug-likeness (QED) is 0.118. The monoisotopic (exact) mass is 662 g/mol. The van der Waals surface area contributed by atoms with E-state index < -0.39 is 32.7 Å². The third kappa shape index (κ3) is 8.54. The normalized spacial score (nSPS) is 21.2. The van der Waals surface area contributed by atoms with Crippen molar-refractivity contribution in [2.45, 2.75) is 89.3 Å². The Kier molecular flexibility index (Phi) is 12.5. The second-order valence-corrected chi connectivity index (χ2v) is 18.1. The average Bonchev–Trinajstić information content (AvgIpc) is 3.11. The highest BCUT2D eigenvalue weighted by molar-refractivity contribution is 6.99. The van der Waals surface area contributed by atoms with E-state index in [0.717, 1.165) is 11.1 Å². The van der Waals surface area contributed by atoms with Crippen LogP contribution in [-0.4, -0.2) is 50.6 Å². The van der Waals surface area contributed by atoms with Gasteiger partial charge in [0.1, 0.15) is 12.2 Å². The molecular formula is C42H50O5Si. The molecule has 6 atom stereocenters. The van der Waals surface area contributed by atoms with E-state index in [9.17, 15) is 5.11 Å². The van der Waals surface area contributed by atoms with Crippen molar-refractivity contribution in [2.75, 3.05) is 6.61 Å². The minimum Gasteiger partial charge on any atom is -0.407 e. The fourth-order valence-corrected chi connectivity index (χ4v) is 11.5. The molecule has 1 aliphatic rings. The van der Waals surface area contributed by atoms with Gasteiger partial charge in [-0.1, -0.05) is 155 Å². The molecule has 1 heterocycles. The van der Waals surface area contributed by atoms with Crippen molar-refractivity contribution in [3.05, 3.63) is 132 Å². The number of ether oxygens (including phenoxy) is 3. The molecule has 0 aromatic heterocycles. The van der Waals surface area contributed by atoms with Gasteiger partial charge >= 0.3 is 0 Å². The van der Waals surface area contributed by atoms with Crippen molar-refractivity contribution in [3.8, 4) is 12.3 Å². The lowest BCUT2D eigenvalue weighted by Gasteiger charge is -2.45. The van der Waals surface area contributed by atoms with Crippen molar-refractivity contribution in [1.29, 1.82) is 0 Å². The van der Waals surface area contributed by atoms with Crippen LogP contribution in [0.25, 0.3) is 0 Å². The first-order chi connectivity index (χ1) is 23.2. The van der Waals surface area contributed by atoms with Gasteiger partial charge in [0.05, 0.1) is 31.5 Å². The molecule has 5 nitrogen and oxygen atoms in total. The smallest absolute Gasteiger partial charge is 0.261 e. The fraction of sp³-hybridized carbons (Fsp3) is 0.381. The number of aliphatic hydroxyl groups excluding tert-OH is 1. The Morgan fingerprint density at radius 1 is 0.792 bits per heavy atom. The fourth-order valence-electron chi connectivity index (χ4n) is 6.89. The van der Waals surface area contributed by atoms with Crippen LogP contribution in [0.1, 0.15) is 51.7 Å². The van der Waals surface area contributed by atoms with E-state index in [0.29, 0.717) is 32.7 Å². The Bertz CT molecular complexity index is 1510. The van der Waals surface area contributed by atoms with Gasteiger partial charge in [-0.15, -0.1) is 6.42 Å². The Hall–Kier alpha value is -3.54. The predicted molar refractivity (Wildman–Crippen MR) is 196 cm³/mol. The Morgan fingerprint density at radius 2 is 1.27 bits per heavy atom. The van der Waals surface area contributed by atoms with Crippen LogP contribution in [0.4, 0.5) is 0 Å². The zero-order valence-corrected chi connectivity index (χ0v) is 29.7. The Balaban J connectivity index is 1.36. The number of rotatable bonds is 14. The van der Waals surface area contributed by atoms with E-state index in [1.165, 1.54) is 10.4 Å². The van der Waals surface area contributed by atoms with Crippen LogP contribution in [0.3, 0.4) is 0 Å². The Labute approximate surface area is 288 Å². The van der Waals surface area contributed by atoms with Crippen LogP contribution in [0.2, 0.25) is 5.04 Å². The highest BCUT2D eigenvalue weighted by Gasteiger charge is 2.50. The summed E-state index contributed by atoms with van der Waals surface area (Å²) in [6.07, 6.45) is 4.56. The van der Waals surface area contributed by atoms with Gasteiger partial charge in [0, 0.05) is 18.9 Å². The zero-order valence-electron chi connectivity index (χ0n) is 28.7. The zero-order chi connectivity index (χ0) is 34.0. The standard InChI is InChI=1S/C42H50O5Si/c1-6-38(44-30-33-19-11-7-12-20-33)41(45-31-34-21-13-8-14-22-34)40-29-37(43)32(2)39(47-40)27-28-46-48(42(3,4)5,35-23-15-9-16-24-35)36-25-17-10-18-26-36/h1,7-26,32,37-41,43H,27-31H2,2-5H3/t32-,37+,38+,39-,40-,41+/m1/s1. The molecule has 252 valence electrons. The van der Waals surface area contributed by atoms with Gasteiger partial charge in [0.25, 0.3) is 8.32 Å². The SMILES string of the molecule is C#C[C@H](OCc1ccccc1)[C@H](OCc1ccccc1)[C@H]1C[C@H](O)[C@@H](C)[C@@H](CCO[Si](c2ccccc2)(c2ccccc2)C(C)(C)C)O1. The number of benzene rings is 4. The second-order valence-electron chi connectivity index (χ2n) is 13.8. The first-order valence-electron chi connectivity index (χ1n) is 17.1. The number of terminal acetylenes is 1. The molecule has 4 aromatic rings. The van der Waals surface area contributed by atoms with Crippen molar-refractivity contribution in [2.24, 2.45) is 5.92 Å². The van der Waals surface area contributed by atoms with Gasteiger partial charge < -0.3 is 23.7 Å². The van der Waals surface area contributed by atoms with Crippen molar-refractivity contribution < 1.29 is 23.7 Å². The maximum atomic E-state index is 11.4. The van der Waals surface area contributed by atoms with Gasteiger partial charge in [0.15, 0.2) is 0 Å². The van der Waals surface area contributed by atoms with Crippen LogP contribution in [0, 0.1) is 18.3 Å². The van der Waals surface area contributed by atoms with Crippen LogP contribution < -0.4 is 10.4 Å². The molecule has 0 unspecified atom stereocenters. The lowest BCUT2D eigenvalue weighted by Crippen LogP contribution is -2.66. The molecule has 48 heavy (non-hydrogen) atoms. The summed E-state index contributed by atoms with van der Waals surface area (Å²) in [6, 6.07) is 41.3. The molecule has 0 radical (unpaired) electrons. The Morgan fingerprint density at radius 3 is 1.75 bits per heavy atom. The molecule has 0 spiro atoms. The maximum absolute atomic E-state index is 11.4. The van der Waals surface area contributed by atoms with Crippen molar-refractivity contribution in [1.82, 2.24) is 0 Å². The first-order valence-corrected chi connectivity index (χ1v) is 19.0. The van der Waals surface area contributed by atoms with E-state index in [-0.39, 0.29) is 17.1 Å². The minimum atomic E-state index is -2.72. The largest absolute Gasteiger partial charge is 0.407 e. The molecule has 5 rings (SSSR count). The molecule has 0 saturated carbocycles. The van der Waals surface area contributed by atoms with Crippen LogP contribution in [-0.2, 0) is 31.9 Å². The lowest BCUT2D eigenvalue weighted by molar-refractivity contribution is -0.200. The van der Waals surface area contributed by atoms with Crippen LogP contribution in [0.15, 0.2) is 121 Å². The molecule has 1 aliphatic heterocycles. The van der Waals surface area contributed by atoms with E-state index >= 15 is 0 Å². The maximum Gasteiger partial charge on any atom is 0.261 e. The summed E-state index contributed by atoms with van der Waals surface area (Å²) in [5.74, 6) is 2.75. The summed E-state index contributed by atoms with van der Waals surface area (Å²) < 4.78 is 26.9. The van der Waals surface area contributed by atoms with E-state index in [4.69, 9.17) is 25.1 Å². The molecule has 0 aliphatic carbocycles. The summed E-state index contributed by atoms with van der Waals surface area (Å²) >= 11 is 0. The van der Waals surface area contributed by atoms with E-state index in [1.54, 1.807) is 0 Å². The van der Waals surface area contributed by atoms with Gasteiger partial charge in [-0.3, -0.25) is 0 Å². The molecule has 0 bridgehead atoms. The molecule has 1 fully saturated rings. The number of hydrogen-bond acceptors (Lipinski definition) is 5. The molecule has 0 amide bonds. The number of aliphatic hydroxyl groups is 1. The predicted octanol–water partition coefficient (Wildman–Crippen LogP) is 6.91. The summed E-state index contributed by atoms with van der Waals surface area (Å²) in [6.45, 7) is 10.1. The molecule has 1 N–H and O–H groups in total. The highest BCUT2D eigenvalue weighted by atomic mass is 28.4. The van der Waals surface area contributed by atoms with E-state index in [2.05, 4.69) is 94.3 Å². The molecular weight excluding hydrogens is 613 g/mol. The third-order valence-corrected chi connectivity index (χ3v) is 14.6. The van der Waals surface area contributed by atoms with Gasteiger partial charge in [-0.2, -0.15) is 0 Å². The first kappa shape index (κ1) is 35.8. The highest BCUT2D eigenvalue weighted by Crippen LogP contribution is 2.38. The summed E-state index contributed by atoms with van der Waals surface area (Å²) in [5, 5.41) is 13.7. The third-order valence-electron chi connectivity index (χ3n) is 9.54. The van der Waals surface area contributed by atoms with Crippen LogP contribution >= 0.6 is 0 Å². The molecule has 1 saturated heterocycles. The van der Waals surface area contributed by atoms with E-state index in [1.807, 2.05) is 60.7 Å². The molecule has 6 heteroatoms. The van der Waals surface area contributed by atoms with Crippen molar-refractivity contribution in [3.63, 3.8) is 0 Å². The van der Waals surface area contributed by atoms with Crippen molar-refractivity contribution >= 4 is 18.7 Å². The molecule has 4 aromatic carbocycles. The van der Waals surface area contributed by atoms with Gasteiger partial charge in [0.2, 0.25) is 0 Å². The van der Waals surface area contributed by atoms with Gasteiger partial charge in [-0.25, -0.2) is 0 Å².